The molecule has 0 aliphatic heterocycles. The summed E-state index contributed by atoms with van der Waals surface area (Å²) in [5.41, 5.74) is 0.390. The van der Waals surface area contributed by atoms with E-state index in [2.05, 4.69) is 9.71 Å². The molecule has 0 radical (unpaired) electrons. The third kappa shape index (κ3) is 3.33. The van der Waals surface area contributed by atoms with Gasteiger partial charge in [0.15, 0.2) is 4.21 Å². The van der Waals surface area contributed by atoms with E-state index < -0.39 is 10.0 Å². The van der Waals surface area contributed by atoms with Crippen LogP contribution in [-0.4, -0.2) is 32.0 Å². The quantitative estimate of drug-likeness (QED) is 0.757. The number of aromatic nitrogens is 1. The van der Waals surface area contributed by atoms with Gasteiger partial charge in [-0.1, -0.05) is 11.3 Å². The Morgan fingerprint density at radius 2 is 2.20 bits per heavy atom. The van der Waals surface area contributed by atoms with E-state index in [0.717, 1.165) is 0 Å². The highest BCUT2D eigenvalue weighted by Crippen LogP contribution is 2.15. The van der Waals surface area contributed by atoms with Crippen molar-refractivity contribution in [3.63, 3.8) is 0 Å². The van der Waals surface area contributed by atoms with Crippen LogP contribution in [0.4, 0.5) is 0 Å². The minimum Gasteiger partial charge on any atom is -0.315 e. The maximum atomic E-state index is 11.7. The van der Waals surface area contributed by atoms with Crippen LogP contribution in [0, 0.1) is 6.92 Å². The highest BCUT2D eigenvalue weighted by Gasteiger charge is 2.19. The normalized spacial score (nSPS) is 11.9. The van der Waals surface area contributed by atoms with Crippen molar-refractivity contribution < 1.29 is 8.42 Å². The minimum absolute atomic E-state index is 0.0774. The number of sulfonamides is 1. The Kier molecular flexibility index (Phi) is 4.38. The van der Waals surface area contributed by atoms with Gasteiger partial charge in [-0.2, -0.15) is 11.8 Å². The molecule has 0 saturated heterocycles. The molecule has 0 spiro atoms. The minimum atomic E-state index is -3.52. The fourth-order valence-corrected chi connectivity index (χ4v) is 3.80. The topological polar surface area (TPSA) is 79.0 Å². The zero-order chi connectivity index (χ0) is 11.5. The highest BCUT2D eigenvalue weighted by molar-refractivity contribution is 7.98. The SMILES string of the molecule is CSCCNS(=O)(=O)c1sc(=O)[nH]c1C. The molecule has 15 heavy (non-hydrogen) atoms. The van der Waals surface area contributed by atoms with Gasteiger partial charge in [0.25, 0.3) is 10.0 Å². The van der Waals surface area contributed by atoms with Crippen LogP contribution in [0.5, 0.6) is 0 Å². The molecule has 1 aromatic heterocycles. The number of aryl methyl sites for hydroxylation is 1. The highest BCUT2D eigenvalue weighted by atomic mass is 32.2. The summed E-state index contributed by atoms with van der Waals surface area (Å²) >= 11 is 2.26. The molecule has 0 atom stereocenters. The van der Waals surface area contributed by atoms with Gasteiger partial charge in [0.2, 0.25) is 0 Å². The van der Waals surface area contributed by atoms with Gasteiger partial charge in [-0.15, -0.1) is 0 Å². The largest absolute Gasteiger partial charge is 0.315 e. The van der Waals surface area contributed by atoms with E-state index in [9.17, 15) is 13.2 Å². The van der Waals surface area contributed by atoms with E-state index in [-0.39, 0.29) is 9.08 Å². The average Bonchev–Trinajstić information content (AvgIpc) is 2.46. The van der Waals surface area contributed by atoms with E-state index >= 15 is 0 Å². The third-order valence-electron chi connectivity index (χ3n) is 1.62. The summed E-state index contributed by atoms with van der Waals surface area (Å²) in [6, 6.07) is 0. The number of rotatable bonds is 5. The first-order valence-corrected chi connectivity index (χ1v) is 7.85. The number of hydrogen-bond donors (Lipinski definition) is 2. The van der Waals surface area contributed by atoms with Crippen molar-refractivity contribution in [1.82, 2.24) is 9.71 Å². The molecule has 0 fully saturated rings. The molecular weight excluding hydrogens is 256 g/mol. The van der Waals surface area contributed by atoms with E-state index in [1.54, 1.807) is 18.7 Å². The van der Waals surface area contributed by atoms with Crippen molar-refractivity contribution in [2.24, 2.45) is 0 Å². The van der Waals surface area contributed by atoms with Crippen molar-refractivity contribution in [2.45, 2.75) is 11.1 Å². The number of hydrogen-bond acceptors (Lipinski definition) is 5. The first kappa shape index (κ1) is 12.8. The average molecular weight is 268 g/mol. The van der Waals surface area contributed by atoms with Crippen LogP contribution in [-0.2, 0) is 10.0 Å². The van der Waals surface area contributed by atoms with Gasteiger partial charge in [0.1, 0.15) is 0 Å². The van der Waals surface area contributed by atoms with E-state index in [0.29, 0.717) is 29.3 Å². The summed E-state index contributed by atoms with van der Waals surface area (Å²) in [5.74, 6) is 0.706. The first-order valence-electron chi connectivity index (χ1n) is 4.15. The molecule has 0 saturated carbocycles. The van der Waals surface area contributed by atoms with Crippen molar-refractivity contribution in [2.75, 3.05) is 18.6 Å². The van der Waals surface area contributed by atoms with E-state index in [1.165, 1.54) is 0 Å². The molecule has 0 unspecified atom stereocenters. The van der Waals surface area contributed by atoms with E-state index in [1.807, 2.05) is 6.26 Å². The summed E-state index contributed by atoms with van der Waals surface area (Å²) in [6.07, 6.45) is 1.90. The van der Waals surface area contributed by atoms with Crippen LogP contribution < -0.4 is 9.60 Å². The van der Waals surface area contributed by atoms with Crippen LogP contribution in [0.2, 0.25) is 0 Å². The second kappa shape index (κ2) is 5.15. The van der Waals surface area contributed by atoms with Gasteiger partial charge in [-0.25, -0.2) is 13.1 Å². The maximum Gasteiger partial charge on any atom is 0.305 e. The number of thioether (sulfide) groups is 1. The lowest BCUT2D eigenvalue weighted by Gasteiger charge is -2.03. The lowest BCUT2D eigenvalue weighted by Crippen LogP contribution is -2.25. The van der Waals surface area contributed by atoms with Crippen LogP contribution in [0.15, 0.2) is 9.00 Å². The second-order valence-electron chi connectivity index (χ2n) is 2.82. The maximum absolute atomic E-state index is 11.7. The lowest BCUT2D eigenvalue weighted by molar-refractivity contribution is 0.585. The van der Waals surface area contributed by atoms with Crippen molar-refractivity contribution >= 4 is 33.1 Å². The monoisotopic (exact) mass is 268 g/mol. The molecule has 0 aliphatic carbocycles. The first-order chi connectivity index (χ1) is 6.97. The smallest absolute Gasteiger partial charge is 0.305 e. The van der Waals surface area contributed by atoms with Crippen LogP contribution in [0.1, 0.15) is 5.69 Å². The number of H-pyrrole nitrogens is 1. The molecule has 0 amide bonds. The zero-order valence-electron chi connectivity index (χ0n) is 8.36. The van der Waals surface area contributed by atoms with Crippen molar-refractivity contribution in [3.05, 3.63) is 15.4 Å². The van der Waals surface area contributed by atoms with Crippen LogP contribution >= 0.6 is 23.1 Å². The summed E-state index contributed by atoms with van der Waals surface area (Å²) in [5, 5.41) is 0. The van der Waals surface area contributed by atoms with Gasteiger partial charge >= 0.3 is 4.87 Å². The zero-order valence-corrected chi connectivity index (χ0v) is 10.8. The third-order valence-corrected chi connectivity index (χ3v) is 5.30. The molecule has 0 bridgehead atoms. The molecule has 5 nitrogen and oxygen atoms in total. The Morgan fingerprint density at radius 3 is 2.67 bits per heavy atom. The Bertz CT molecular complexity index is 474. The van der Waals surface area contributed by atoms with Crippen LogP contribution in [0.3, 0.4) is 0 Å². The molecule has 2 N–H and O–H groups in total. The summed E-state index contributed by atoms with van der Waals surface area (Å²) in [6.45, 7) is 1.94. The number of nitrogens with one attached hydrogen (secondary N) is 2. The molecule has 86 valence electrons. The molecule has 0 aliphatic rings. The van der Waals surface area contributed by atoms with E-state index in [4.69, 9.17) is 0 Å². The molecule has 1 rings (SSSR count). The Morgan fingerprint density at radius 1 is 1.53 bits per heavy atom. The Balaban J connectivity index is 2.87. The van der Waals surface area contributed by atoms with Crippen molar-refractivity contribution in [1.29, 1.82) is 0 Å². The Labute approximate surface area is 96.3 Å². The lowest BCUT2D eigenvalue weighted by atomic mass is 10.6. The predicted octanol–water partition coefficient (Wildman–Crippen LogP) is 0.386. The fraction of sp³-hybridized carbons (Fsp3) is 0.571. The molecular formula is C7H12N2O3S3. The fourth-order valence-electron chi connectivity index (χ4n) is 0.990. The molecule has 1 aromatic rings. The van der Waals surface area contributed by atoms with Gasteiger partial charge in [0.05, 0.1) is 0 Å². The number of aromatic amines is 1. The summed E-state index contributed by atoms with van der Waals surface area (Å²) < 4.78 is 25.9. The molecule has 0 aromatic carbocycles. The van der Waals surface area contributed by atoms with Crippen molar-refractivity contribution in [3.8, 4) is 0 Å². The number of thiazole rings is 1. The van der Waals surface area contributed by atoms with Gasteiger partial charge in [-0.05, 0) is 13.2 Å². The van der Waals surface area contributed by atoms with Gasteiger partial charge < -0.3 is 4.98 Å². The van der Waals surface area contributed by atoms with Gasteiger partial charge in [0, 0.05) is 18.0 Å². The summed E-state index contributed by atoms with van der Waals surface area (Å²) in [4.78, 5) is 13.0. The Hall–Kier alpha value is -0.310. The standard InChI is InChI=1S/C7H12N2O3S3/c1-5-6(14-7(10)9-5)15(11,12)8-3-4-13-2/h8H,3-4H2,1-2H3,(H,9,10). The molecule has 1 heterocycles. The molecule has 8 heteroatoms. The van der Waals surface area contributed by atoms with Gasteiger partial charge in [-0.3, -0.25) is 4.79 Å². The second-order valence-corrected chi connectivity index (χ2v) is 6.75. The van der Waals surface area contributed by atoms with Crippen LogP contribution in [0.25, 0.3) is 0 Å². The predicted molar refractivity (Wildman–Crippen MR) is 63.2 cm³/mol. The summed E-state index contributed by atoms with van der Waals surface area (Å²) in [7, 11) is -3.52.